The molecule has 1 aromatic carbocycles. The average Bonchev–Trinajstić information content (AvgIpc) is 2.97. The van der Waals surface area contributed by atoms with Gasteiger partial charge < -0.3 is 15.0 Å². The molecule has 0 radical (unpaired) electrons. The van der Waals surface area contributed by atoms with Crippen molar-refractivity contribution in [1.29, 1.82) is 0 Å². The van der Waals surface area contributed by atoms with Gasteiger partial charge in [-0.15, -0.1) is 0 Å². The van der Waals surface area contributed by atoms with Crippen molar-refractivity contribution in [3.8, 4) is 17.0 Å². The lowest BCUT2D eigenvalue weighted by Gasteiger charge is -2.22. The van der Waals surface area contributed by atoms with Crippen molar-refractivity contribution in [3.05, 3.63) is 59.0 Å². The molecule has 138 valence electrons. The fourth-order valence-electron chi connectivity index (χ4n) is 3.14. The van der Waals surface area contributed by atoms with E-state index in [4.69, 9.17) is 9.72 Å². The second kappa shape index (κ2) is 6.16. The molecule has 0 aliphatic carbocycles. The van der Waals surface area contributed by atoms with Crippen molar-refractivity contribution in [2.45, 2.75) is 26.3 Å². The average molecular weight is 362 g/mol. The van der Waals surface area contributed by atoms with Gasteiger partial charge in [0.25, 0.3) is 5.56 Å². The van der Waals surface area contributed by atoms with Crippen LogP contribution in [0.5, 0.6) is 5.75 Å². The van der Waals surface area contributed by atoms with Gasteiger partial charge in [0.2, 0.25) is 0 Å². The smallest absolute Gasteiger partial charge is 0.258 e. The monoisotopic (exact) mass is 362 g/mol. The van der Waals surface area contributed by atoms with Gasteiger partial charge in [-0.25, -0.2) is 4.98 Å². The molecule has 6 heteroatoms. The van der Waals surface area contributed by atoms with E-state index in [9.17, 15) is 4.79 Å². The first-order valence-electron chi connectivity index (χ1n) is 8.82. The third-order valence-electron chi connectivity index (χ3n) is 4.33. The molecule has 6 nitrogen and oxygen atoms in total. The molecule has 0 spiro atoms. The van der Waals surface area contributed by atoms with Gasteiger partial charge >= 0.3 is 0 Å². The topological polar surface area (TPSA) is 71.4 Å². The van der Waals surface area contributed by atoms with E-state index >= 15 is 0 Å². The molecule has 27 heavy (non-hydrogen) atoms. The Hall–Kier alpha value is -3.28. The van der Waals surface area contributed by atoms with Crippen LogP contribution in [0.1, 0.15) is 20.8 Å². The quantitative estimate of drug-likeness (QED) is 0.576. The molecule has 3 aromatic heterocycles. The zero-order valence-electron chi connectivity index (χ0n) is 15.8. The summed E-state index contributed by atoms with van der Waals surface area (Å²) in [5.74, 6) is 1.50. The molecule has 0 bridgehead atoms. The molecular formula is C21H22N4O2. The van der Waals surface area contributed by atoms with Gasteiger partial charge in [-0.3, -0.25) is 9.20 Å². The molecule has 4 rings (SSSR count). The predicted octanol–water partition coefficient (Wildman–Crippen LogP) is 4.06. The normalized spacial score (nSPS) is 11.9. The van der Waals surface area contributed by atoms with E-state index in [1.54, 1.807) is 7.11 Å². The Bertz CT molecular complexity index is 1200. The molecule has 0 atom stereocenters. The third-order valence-corrected chi connectivity index (χ3v) is 4.33. The van der Waals surface area contributed by atoms with Crippen LogP contribution in [0.4, 0.5) is 5.82 Å². The number of hydrogen-bond donors (Lipinski definition) is 2. The largest absolute Gasteiger partial charge is 0.497 e. The first-order chi connectivity index (χ1) is 12.9. The number of H-pyrrole nitrogens is 1. The zero-order chi connectivity index (χ0) is 19.2. The lowest BCUT2D eigenvalue weighted by Crippen LogP contribution is -2.27. The number of methoxy groups -OCH3 is 1. The predicted molar refractivity (Wildman–Crippen MR) is 109 cm³/mol. The Labute approximate surface area is 156 Å². The van der Waals surface area contributed by atoms with E-state index in [2.05, 4.69) is 31.1 Å². The highest BCUT2D eigenvalue weighted by molar-refractivity contribution is 5.87. The van der Waals surface area contributed by atoms with E-state index in [-0.39, 0.29) is 11.1 Å². The number of hydrogen-bond acceptors (Lipinski definition) is 4. The van der Waals surface area contributed by atoms with Crippen LogP contribution in [0, 0.1) is 0 Å². The maximum Gasteiger partial charge on any atom is 0.258 e. The Morgan fingerprint density at radius 3 is 2.70 bits per heavy atom. The number of rotatable bonds is 3. The molecule has 0 aliphatic rings. The minimum Gasteiger partial charge on any atom is -0.497 e. The molecule has 3 heterocycles. The number of benzene rings is 1. The lowest BCUT2D eigenvalue weighted by molar-refractivity contribution is 0.415. The number of anilines is 1. The Kier molecular flexibility index (Phi) is 3.91. The molecule has 0 fully saturated rings. The van der Waals surface area contributed by atoms with Gasteiger partial charge in [-0.1, -0.05) is 6.07 Å². The van der Waals surface area contributed by atoms with Crippen molar-refractivity contribution in [1.82, 2.24) is 14.4 Å². The molecule has 2 N–H and O–H groups in total. The van der Waals surface area contributed by atoms with Gasteiger partial charge in [0.1, 0.15) is 22.9 Å². The SMILES string of the molecule is COc1ccc2cc(-c3nc4ccccn4c3NC(C)(C)C)c(=O)[nH]c2c1. The number of aromatic amines is 1. The summed E-state index contributed by atoms with van der Waals surface area (Å²) >= 11 is 0. The molecule has 0 unspecified atom stereocenters. The van der Waals surface area contributed by atoms with Crippen LogP contribution in [-0.2, 0) is 0 Å². The van der Waals surface area contributed by atoms with Crippen LogP contribution in [0.15, 0.2) is 53.5 Å². The van der Waals surface area contributed by atoms with E-state index in [0.29, 0.717) is 17.0 Å². The summed E-state index contributed by atoms with van der Waals surface area (Å²) in [4.78, 5) is 20.5. The fourth-order valence-corrected chi connectivity index (χ4v) is 3.14. The zero-order valence-corrected chi connectivity index (χ0v) is 15.8. The van der Waals surface area contributed by atoms with Gasteiger partial charge in [-0.05, 0) is 56.5 Å². The Morgan fingerprint density at radius 2 is 1.96 bits per heavy atom. The number of aromatic nitrogens is 3. The standard InChI is InChI=1S/C21H22N4O2/c1-21(2,3)24-19-18(23-17-7-5-6-10-25(17)19)15-11-13-8-9-14(27-4)12-16(13)22-20(15)26/h5-12,24H,1-4H3,(H,22,26). The molecule has 0 amide bonds. The first-order valence-corrected chi connectivity index (χ1v) is 8.82. The molecule has 4 aromatic rings. The van der Waals surface area contributed by atoms with E-state index in [1.807, 2.05) is 53.1 Å². The number of ether oxygens (including phenoxy) is 1. The molecular weight excluding hydrogens is 340 g/mol. The number of nitrogens with zero attached hydrogens (tertiary/aromatic N) is 2. The lowest BCUT2D eigenvalue weighted by atomic mass is 10.1. The summed E-state index contributed by atoms with van der Waals surface area (Å²) in [6, 6.07) is 13.3. The molecule has 0 saturated carbocycles. The maximum atomic E-state index is 12.9. The fraction of sp³-hybridized carbons (Fsp3) is 0.238. The number of nitrogens with one attached hydrogen (secondary N) is 2. The molecule has 0 saturated heterocycles. The van der Waals surface area contributed by atoms with Crippen LogP contribution in [0.2, 0.25) is 0 Å². The van der Waals surface area contributed by atoms with E-state index in [1.165, 1.54) is 0 Å². The van der Waals surface area contributed by atoms with Crippen LogP contribution >= 0.6 is 0 Å². The van der Waals surface area contributed by atoms with E-state index < -0.39 is 0 Å². The highest BCUT2D eigenvalue weighted by Crippen LogP contribution is 2.30. The van der Waals surface area contributed by atoms with Gasteiger partial charge in [0, 0.05) is 17.8 Å². The summed E-state index contributed by atoms with van der Waals surface area (Å²) in [5.41, 5.74) is 2.32. The number of pyridine rings is 2. The summed E-state index contributed by atoms with van der Waals surface area (Å²) in [5, 5.41) is 4.41. The van der Waals surface area contributed by atoms with Gasteiger partial charge in [0.05, 0.1) is 18.2 Å². The molecule has 0 aliphatic heterocycles. The van der Waals surface area contributed by atoms with Crippen molar-refractivity contribution in [3.63, 3.8) is 0 Å². The highest BCUT2D eigenvalue weighted by atomic mass is 16.5. The second-order valence-corrected chi connectivity index (χ2v) is 7.58. The van der Waals surface area contributed by atoms with Crippen molar-refractivity contribution < 1.29 is 4.74 Å². The van der Waals surface area contributed by atoms with E-state index in [0.717, 1.165) is 22.4 Å². The number of fused-ring (bicyclic) bond motifs is 2. The van der Waals surface area contributed by atoms with Crippen LogP contribution in [0.3, 0.4) is 0 Å². The summed E-state index contributed by atoms with van der Waals surface area (Å²) in [6.07, 6.45) is 1.94. The summed E-state index contributed by atoms with van der Waals surface area (Å²) < 4.78 is 7.21. The summed E-state index contributed by atoms with van der Waals surface area (Å²) in [6.45, 7) is 6.24. The Morgan fingerprint density at radius 1 is 1.15 bits per heavy atom. The van der Waals surface area contributed by atoms with Crippen molar-refractivity contribution >= 4 is 22.4 Å². The van der Waals surface area contributed by atoms with Crippen LogP contribution in [-0.4, -0.2) is 27.0 Å². The minimum absolute atomic E-state index is 0.183. The van der Waals surface area contributed by atoms with Crippen molar-refractivity contribution in [2.24, 2.45) is 0 Å². The van der Waals surface area contributed by atoms with Gasteiger partial charge in [-0.2, -0.15) is 0 Å². The van der Waals surface area contributed by atoms with Crippen molar-refractivity contribution in [2.75, 3.05) is 12.4 Å². The number of imidazole rings is 1. The maximum absolute atomic E-state index is 12.9. The van der Waals surface area contributed by atoms with Gasteiger partial charge in [0.15, 0.2) is 0 Å². The van der Waals surface area contributed by atoms with Crippen LogP contribution in [0.25, 0.3) is 27.8 Å². The minimum atomic E-state index is -0.184. The van der Waals surface area contributed by atoms with Crippen LogP contribution < -0.4 is 15.6 Å². The Balaban J connectivity index is 1.97. The summed E-state index contributed by atoms with van der Waals surface area (Å²) in [7, 11) is 1.61. The second-order valence-electron chi connectivity index (χ2n) is 7.58. The highest BCUT2D eigenvalue weighted by Gasteiger charge is 2.21. The first kappa shape index (κ1) is 17.1. The third kappa shape index (κ3) is 3.14.